The number of ether oxygens (including phenoxy) is 1. The number of hydrogen-bond acceptors (Lipinski definition) is 6. The molecule has 1 saturated heterocycles. The Morgan fingerprint density at radius 3 is 2.74 bits per heavy atom. The van der Waals surface area contributed by atoms with Crippen LogP contribution in [0.4, 0.5) is 5.69 Å². The van der Waals surface area contributed by atoms with Crippen LogP contribution in [0.25, 0.3) is 10.9 Å². The summed E-state index contributed by atoms with van der Waals surface area (Å²) < 4.78 is 5.94. The van der Waals surface area contributed by atoms with E-state index >= 15 is 0 Å². The van der Waals surface area contributed by atoms with Gasteiger partial charge in [-0.3, -0.25) is 14.7 Å². The quantitative estimate of drug-likeness (QED) is 0.344. The number of nitrogens with two attached hydrogens (primary N) is 2. The minimum absolute atomic E-state index is 0.0603. The Morgan fingerprint density at radius 2 is 2.03 bits per heavy atom. The predicted molar refractivity (Wildman–Crippen MR) is 132 cm³/mol. The van der Waals surface area contributed by atoms with Gasteiger partial charge in [0.1, 0.15) is 5.75 Å². The van der Waals surface area contributed by atoms with E-state index in [9.17, 15) is 9.90 Å². The van der Waals surface area contributed by atoms with E-state index in [1.807, 2.05) is 36.4 Å². The summed E-state index contributed by atoms with van der Waals surface area (Å²) >= 11 is 0. The van der Waals surface area contributed by atoms with Gasteiger partial charge in [-0.05, 0) is 36.2 Å². The fourth-order valence-corrected chi connectivity index (χ4v) is 4.25. The zero-order valence-electron chi connectivity index (χ0n) is 19.2. The number of aromatic nitrogens is 1. The molecule has 2 aromatic carbocycles. The molecule has 1 amide bonds. The minimum atomic E-state index is -0.315. The molecule has 178 valence electrons. The number of guanidine groups is 1. The number of aliphatic imine (C=N–C) groups is 1. The third kappa shape index (κ3) is 5.44. The van der Waals surface area contributed by atoms with Crippen molar-refractivity contribution in [2.24, 2.45) is 16.5 Å². The molecular formula is C25H30N6O3. The first-order chi connectivity index (χ1) is 16.4. The van der Waals surface area contributed by atoms with Gasteiger partial charge in [0.25, 0.3) is 5.91 Å². The number of nitrogens with zero attached hydrogens (tertiary/aromatic N) is 4. The maximum absolute atomic E-state index is 13.2. The fourth-order valence-electron chi connectivity index (χ4n) is 4.25. The summed E-state index contributed by atoms with van der Waals surface area (Å²) in [6, 6.07) is 16.8. The molecule has 34 heavy (non-hydrogen) atoms. The number of hydrogen-bond donors (Lipinski definition) is 3. The topological polar surface area (TPSA) is 130 Å². The highest BCUT2D eigenvalue weighted by atomic mass is 16.5. The second kappa shape index (κ2) is 10.5. The number of carbonyl (C=O) groups is 1. The van der Waals surface area contributed by atoms with E-state index in [0.717, 1.165) is 18.5 Å². The number of carbonyl (C=O) groups excluding carboxylic acids is 1. The zero-order valence-corrected chi connectivity index (χ0v) is 19.2. The average molecular weight is 463 g/mol. The third-order valence-electron chi connectivity index (χ3n) is 6.03. The number of benzene rings is 2. The highest BCUT2D eigenvalue weighted by molar-refractivity contribution is 5.96. The van der Waals surface area contributed by atoms with Crippen LogP contribution in [0.5, 0.6) is 5.75 Å². The van der Waals surface area contributed by atoms with E-state index in [1.165, 1.54) is 0 Å². The van der Waals surface area contributed by atoms with Gasteiger partial charge in [0.2, 0.25) is 0 Å². The molecule has 1 aromatic heterocycles. The standard InChI is InChI=1S/C25H30N6O3/c1-30(21(17-6-3-2-4-7-17)15-31-13-11-18(32)14-31)23(33)16-34-22-10-9-20(29-25(26)27)24-19(22)8-5-12-28-24/h2-10,12,18,21,32H,11,13-16H2,1H3,(H4,26,27,29)/t18-,21+/m0/s1. The van der Waals surface area contributed by atoms with Crippen molar-refractivity contribution in [1.29, 1.82) is 0 Å². The molecule has 5 N–H and O–H groups in total. The van der Waals surface area contributed by atoms with Crippen molar-refractivity contribution < 1.29 is 14.6 Å². The van der Waals surface area contributed by atoms with Crippen molar-refractivity contribution in [3.05, 3.63) is 66.4 Å². The molecule has 0 saturated carbocycles. The van der Waals surface area contributed by atoms with Crippen molar-refractivity contribution in [1.82, 2.24) is 14.8 Å². The summed E-state index contributed by atoms with van der Waals surface area (Å²) in [7, 11) is 1.79. The maximum atomic E-state index is 13.2. The van der Waals surface area contributed by atoms with Crippen molar-refractivity contribution >= 4 is 28.5 Å². The zero-order chi connectivity index (χ0) is 24.1. The Kier molecular flexibility index (Phi) is 7.24. The van der Waals surface area contributed by atoms with Crippen LogP contribution in [0.2, 0.25) is 0 Å². The molecule has 2 atom stereocenters. The minimum Gasteiger partial charge on any atom is -0.483 e. The normalized spacial score (nSPS) is 16.8. The number of rotatable bonds is 8. The molecule has 0 radical (unpaired) electrons. The summed E-state index contributed by atoms with van der Waals surface area (Å²) in [4.78, 5) is 25.6. The first-order valence-electron chi connectivity index (χ1n) is 11.2. The fraction of sp³-hybridized carbons (Fsp3) is 0.320. The number of aliphatic hydroxyl groups is 1. The second-order valence-electron chi connectivity index (χ2n) is 8.44. The van der Waals surface area contributed by atoms with Gasteiger partial charge >= 0.3 is 0 Å². The number of likely N-dealkylation sites (N-methyl/N-ethyl adjacent to an activating group) is 1. The Morgan fingerprint density at radius 1 is 1.24 bits per heavy atom. The molecule has 0 aliphatic carbocycles. The highest BCUT2D eigenvalue weighted by Crippen LogP contribution is 2.32. The van der Waals surface area contributed by atoms with E-state index in [2.05, 4.69) is 14.9 Å². The van der Waals surface area contributed by atoms with Gasteiger partial charge in [0, 0.05) is 38.3 Å². The molecule has 1 aliphatic rings. The van der Waals surface area contributed by atoms with Crippen LogP contribution >= 0.6 is 0 Å². The first kappa shape index (κ1) is 23.5. The van der Waals surface area contributed by atoms with Crippen molar-refractivity contribution in [3.8, 4) is 5.75 Å². The Balaban J connectivity index is 1.51. The molecule has 9 heteroatoms. The third-order valence-corrected chi connectivity index (χ3v) is 6.03. The summed E-state index contributed by atoms with van der Waals surface area (Å²) in [6.45, 7) is 1.94. The molecular weight excluding hydrogens is 432 g/mol. The first-order valence-corrected chi connectivity index (χ1v) is 11.2. The molecule has 0 unspecified atom stereocenters. The van der Waals surface area contributed by atoms with Gasteiger partial charge in [0.15, 0.2) is 12.6 Å². The number of likely N-dealkylation sites (tertiary alicyclic amines) is 1. The molecule has 1 fully saturated rings. The van der Waals surface area contributed by atoms with E-state index in [1.54, 1.807) is 36.3 Å². The van der Waals surface area contributed by atoms with Crippen LogP contribution in [0.3, 0.4) is 0 Å². The lowest BCUT2D eigenvalue weighted by atomic mass is 10.0. The van der Waals surface area contributed by atoms with E-state index in [4.69, 9.17) is 16.2 Å². The lowest BCUT2D eigenvalue weighted by molar-refractivity contribution is -0.134. The number of aliphatic hydroxyl groups excluding tert-OH is 1. The van der Waals surface area contributed by atoms with Gasteiger partial charge < -0.3 is 26.2 Å². The van der Waals surface area contributed by atoms with Gasteiger partial charge in [-0.25, -0.2) is 4.99 Å². The smallest absolute Gasteiger partial charge is 0.260 e. The lowest BCUT2D eigenvalue weighted by Gasteiger charge is -2.32. The summed E-state index contributed by atoms with van der Waals surface area (Å²) in [5.74, 6) is 0.312. The Hall–Kier alpha value is -3.69. The van der Waals surface area contributed by atoms with Crippen LogP contribution in [0.1, 0.15) is 18.0 Å². The number of pyridine rings is 1. The highest BCUT2D eigenvalue weighted by Gasteiger charge is 2.28. The second-order valence-corrected chi connectivity index (χ2v) is 8.44. The van der Waals surface area contributed by atoms with Crippen molar-refractivity contribution in [2.75, 3.05) is 33.3 Å². The molecule has 0 spiro atoms. The van der Waals surface area contributed by atoms with Crippen molar-refractivity contribution in [3.63, 3.8) is 0 Å². The van der Waals surface area contributed by atoms with Gasteiger partial charge in [-0.1, -0.05) is 30.3 Å². The van der Waals surface area contributed by atoms with Crippen molar-refractivity contribution in [2.45, 2.75) is 18.6 Å². The summed E-state index contributed by atoms with van der Waals surface area (Å²) in [6.07, 6.45) is 2.08. The summed E-state index contributed by atoms with van der Waals surface area (Å²) in [5, 5.41) is 10.6. The monoisotopic (exact) mass is 462 g/mol. The Labute approximate surface area is 198 Å². The maximum Gasteiger partial charge on any atom is 0.260 e. The molecule has 2 heterocycles. The molecule has 0 bridgehead atoms. The van der Waals surface area contributed by atoms with Gasteiger partial charge in [-0.15, -0.1) is 0 Å². The molecule has 1 aliphatic heterocycles. The summed E-state index contributed by atoms with van der Waals surface area (Å²) in [5.41, 5.74) is 13.2. The SMILES string of the molecule is CN(C(=O)COc1ccc(N=C(N)N)c2ncccc12)[C@H](CN1CC[C@H](O)C1)c1ccccc1. The molecule has 4 rings (SSSR count). The lowest BCUT2D eigenvalue weighted by Crippen LogP contribution is -2.40. The predicted octanol–water partition coefficient (Wildman–Crippen LogP) is 1.78. The van der Waals surface area contributed by atoms with Crippen LogP contribution in [0, 0.1) is 0 Å². The number of β-amino-alcohol motifs (C(OH)–C–C–N with tert-alkyl or cyclic N) is 1. The number of fused-ring (bicyclic) bond motifs is 1. The van der Waals surface area contributed by atoms with Crippen LogP contribution in [-0.4, -0.2) is 71.1 Å². The number of amides is 1. The van der Waals surface area contributed by atoms with Gasteiger partial charge in [-0.2, -0.15) is 0 Å². The van der Waals surface area contributed by atoms with E-state index in [-0.39, 0.29) is 30.6 Å². The van der Waals surface area contributed by atoms with Crippen LogP contribution in [-0.2, 0) is 4.79 Å². The van der Waals surface area contributed by atoms with E-state index in [0.29, 0.717) is 35.4 Å². The Bertz CT molecular complexity index is 1170. The molecule has 9 nitrogen and oxygen atoms in total. The largest absolute Gasteiger partial charge is 0.483 e. The average Bonchev–Trinajstić information content (AvgIpc) is 3.26. The van der Waals surface area contributed by atoms with Crippen LogP contribution in [0.15, 0.2) is 65.8 Å². The molecule has 3 aromatic rings. The van der Waals surface area contributed by atoms with E-state index < -0.39 is 0 Å². The van der Waals surface area contributed by atoms with Gasteiger partial charge in [0.05, 0.1) is 23.3 Å². The van der Waals surface area contributed by atoms with Crippen LogP contribution < -0.4 is 16.2 Å².